The average Bonchev–Trinajstić information content (AvgIpc) is 2.77. The zero-order chi connectivity index (χ0) is 14.3. The number of halogens is 1. The van der Waals surface area contributed by atoms with Crippen LogP contribution in [0.25, 0.3) is 22.2 Å². The van der Waals surface area contributed by atoms with Gasteiger partial charge in [0.1, 0.15) is 5.82 Å². The Morgan fingerprint density at radius 1 is 1.10 bits per heavy atom. The van der Waals surface area contributed by atoms with Crippen molar-refractivity contribution in [1.29, 1.82) is 0 Å². The van der Waals surface area contributed by atoms with Gasteiger partial charge in [-0.25, -0.2) is 9.97 Å². The van der Waals surface area contributed by atoms with Gasteiger partial charge in [-0.15, -0.1) is 0 Å². The predicted molar refractivity (Wildman–Crippen MR) is 83.1 cm³/mol. The van der Waals surface area contributed by atoms with Gasteiger partial charge in [0.2, 0.25) is 0 Å². The average molecular weight is 286 g/mol. The lowest BCUT2D eigenvalue weighted by atomic mass is 10.2. The highest BCUT2D eigenvalue weighted by atomic mass is 35.5. The first-order chi connectivity index (χ1) is 9.56. The monoisotopic (exact) mass is 285 g/mol. The Kier molecular flexibility index (Phi) is 3.22. The van der Waals surface area contributed by atoms with Crippen LogP contribution in [-0.2, 0) is 0 Å². The third-order valence-electron chi connectivity index (χ3n) is 3.39. The summed E-state index contributed by atoms with van der Waals surface area (Å²) in [7, 11) is 0. The zero-order valence-electron chi connectivity index (χ0n) is 11.8. The molecule has 4 heteroatoms. The van der Waals surface area contributed by atoms with Crippen LogP contribution in [0.3, 0.4) is 0 Å². The highest BCUT2D eigenvalue weighted by molar-refractivity contribution is 6.31. The lowest BCUT2D eigenvalue weighted by Gasteiger charge is -2.14. The van der Waals surface area contributed by atoms with Crippen LogP contribution in [-0.4, -0.2) is 14.5 Å². The van der Waals surface area contributed by atoms with Crippen LogP contribution in [0.5, 0.6) is 0 Å². The molecule has 3 aromatic rings. The Balaban J connectivity index is 2.28. The number of fused-ring (bicyclic) bond motifs is 1. The number of aromatic nitrogens is 3. The highest BCUT2D eigenvalue weighted by Gasteiger charge is 2.13. The smallest absolute Gasteiger partial charge is 0.125 e. The number of benzene rings is 1. The van der Waals surface area contributed by atoms with Gasteiger partial charge in [0.25, 0.3) is 0 Å². The molecule has 0 saturated heterocycles. The van der Waals surface area contributed by atoms with Crippen LogP contribution in [0, 0.1) is 6.92 Å². The molecule has 102 valence electrons. The maximum absolute atomic E-state index is 6.09. The van der Waals surface area contributed by atoms with Gasteiger partial charge in [0.15, 0.2) is 0 Å². The van der Waals surface area contributed by atoms with Crippen molar-refractivity contribution in [3.05, 3.63) is 47.5 Å². The van der Waals surface area contributed by atoms with E-state index in [0.717, 1.165) is 27.5 Å². The van der Waals surface area contributed by atoms with Crippen LogP contribution >= 0.6 is 11.6 Å². The Labute approximate surface area is 123 Å². The molecule has 2 aromatic heterocycles. The fourth-order valence-electron chi connectivity index (χ4n) is 2.51. The maximum Gasteiger partial charge on any atom is 0.125 e. The van der Waals surface area contributed by atoms with Gasteiger partial charge in [-0.1, -0.05) is 11.6 Å². The van der Waals surface area contributed by atoms with Crippen molar-refractivity contribution < 1.29 is 0 Å². The SMILES string of the molecule is Cc1ncc(-c2cc3cc(Cl)ccc3n2C(C)C)cn1. The number of rotatable bonds is 2. The summed E-state index contributed by atoms with van der Waals surface area (Å²) in [6.07, 6.45) is 3.74. The highest BCUT2D eigenvalue weighted by Crippen LogP contribution is 2.32. The molecule has 0 saturated carbocycles. The molecule has 20 heavy (non-hydrogen) atoms. The maximum atomic E-state index is 6.09. The normalized spacial score (nSPS) is 11.4. The van der Waals surface area contributed by atoms with Crippen molar-refractivity contribution in [1.82, 2.24) is 14.5 Å². The fraction of sp³-hybridized carbons (Fsp3) is 0.250. The molecule has 0 unspecified atom stereocenters. The van der Waals surface area contributed by atoms with Crippen LogP contribution in [0.15, 0.2) is 36.7 Å². The molecule has 0 bridgehead atoms. The van der Waals surface area contributed by atoms with E-state index in [9.17, 15) is 0 Å². The summed E-state index contributed by atoms with van der Waals surface area (Å²) in [4.78, 5) is 8.59. The number of nitrogens with zero attached hydrogens (tertiary/aromatic N) is 3. The van der Waals surface area contributed by atoms with Gasteiger partial charge in [-0.05, 0) is 45.0 Å². The quantitative estimate of drug-likeness (QED) is 0.687. The van der Waals surface area contributed by atoms with Crippen LogP contribution in [0.4, 0.5) is 0 Å². The van der Waals surface area contributed by atoms with Gasteiger partial charge in [-0.2, -0.15) is 0 Å². The summed E-state index contributed by atoms with van der Waals surface area (Å²) in [5.41, 5.74) is 3.33. The van der Waals surface area contributed by atoms with Gasteiger partial charge in [0.05, 0.1) is 5.69 Å². The van der Waals surface area contributed by atoms with Crippen molar-refractivity contribution >= 4 is 22.5 Å². The van der Waals surface area contributed by atoms with Crippen LogP contribution in [0.2, 0.25) is 5.02 Å². The molecular formula is C16H16ClN3. The third kappa shape index (κ3) is 2.18. The van der Waals surface area contributed by atoms with Crippen molar-refractivity contribution in [2.24, 2.45) is 0 Å². The largest absolute Gasteiger partial charge is 0.338 e. The first-order valence-electron chi connectivity index (χ1n) is 6.66. The second-order valence-corrected chi connectivity index (χ2v) is 5.65. The second kappa shape index (κ2) is 4.91. The predicted octanol–water partition coefficient (Wildman–Crippen LogP) is 4.64. The molecular weight excluding hydrogens is 270 g/mol. The van der Waals surface area contributed by atoms with Crippen molar-refractivity contribution in [2.45, 2.75) is 26.8 Å². The fourth-order valence-corrected chi connectivity index (χ4v) is 2.69. The molecule has 0 N–H and O–H groups in total. The molecule has 1 aromatic carbocycles. The summed E-state index contributed by atoms with van der Waals surface area (Å²) in [6.45, 7) is 6.24. The Morgan fingerprint density at radius 3 is 2.45 bits per heavy atom. The molecule has 0 amide bonds. The van der Waals surface area contributed by atoms with E-state index in [1.807, 2.05) is 31.5 Å². The Bertz CT molecular complexity index is 757. The van der Waals surface area contributed by atoms with E-state index >= 15 is 0 Å². The molecule has 0 aliphatic rings. The topological polar surface area (TPSA) is 30.7 Å². The van der Waals surface area contributed by atoms with Crippen molar-refractivity contribution in [3.63, 3.8) is 0 Å². The first-order valence-corrected chi connectivity index (χ1v) is 7.03. The first kappa shape index (κ1) is 13.1. The molecule has 0 spiro atoms. The number of hydrogen-bond donors (Lipinski definition) is 0. The summed E-state index contributed by atoms with van der Waals surface area (Å²) in [5.74, 6) is 0.781. The van der Waals surface area contributed by atoms with E-state index in [2.05, 4.69) is 40.5 Å². The van der Waals surface area contributed by atoms with Crippen molar-refractivity contribution in [2.75, 3.05) is 0 Å². The van der Waals surface area contributed by atoms with Crippen LogP contribution in [0.1, 0.15) is 25.7 Å². The van der Waals surface area contributed by atoms with E-state index in [1.165, 1.54) is 5.52 Å². The van der Waals surface area contributed by atoms with Crippen molar-refractivity contribution in [3.8, 4) is 11.3 Å². The Morgan fingerprint density at radius 2 is 1.80 bits per heavy atom. The van der Waals surface area contributed by atoms with E-state index in [-0.39, 0.29) is 0 Å². The molecule has 3 rings (SSSR count). The van der Waals surface area contributed by atoms with E-state index in [0.29, 0.717) is 6.04 Å². The number of hydrogen-bond acceptors (Lipinski definition) is 2. The van der Waals surface area contributed by atoms with E-state index in [4.69, 9.17) is 11.6 Å². The second-order valence-electron chi connectivity index (χ2n) is 5.22. The Hall–Kier alpha value is -1.87. The molecule has 0 aliphatic carbocycles. The van der Waals surface area contributed by atoms with E-state index in [1.54, 1.807) is 0 Å². The van der Waals surface area contributed by atoms with E-state index < -0.39 is 0 Å². The lowest BCUT2D eigenvalue weighted by Crippen LogP contribution is -2.03. The van der Waals surface area contributed by atoms with Gasteiger partial charge in [0, 0.05) is 39.9 Å². The summed E-state index contributed by atoms with van der Waals surface area (Å²) < 4.78 is 2.29. The zero-order valence-corrected chi connectivity index (χ0v) is 12.5. The minimum Gasteiger partial charge on any atom is -0.338 e. The molecule has 2 heterocycles. The molecule has 0 atom stereocenters. The molecule has 0 radical (unpaired) electrons. The van der Waals surface area contributed by atoms with Gasteiger partial charge in [-0.3, -0.25) is 0 Å². The molecule has 3 nitrogen and oxygen atoms in total. The molecule has 0 aliphatic heterocycles. The minimum absolute atomic E-state index is 0.352. The number of aryl methyl sites for hydroxylation is 1. The lowest BCUT2D eigenvalue weighted by molar-refractivity contribution is 0.628. The third-order valence-corrected chi connectivity index (χ3v) is 3.63. The minimum atomic E-state index is 0.352. The summed E-state index contributed by atoms with van der Waals surface area (Å²) in [6, 6.07) is 8.49. The molecule has 0 fully saturated rings. The summed E-state index contributed by atoms with van der Waals surface area (Å²) >= 11 is 6.09. The van der Waals surface area contributed by atoms with Gasteiger partial charge >= 0.3 is 0 Å². The standard InChI is InChI=1S/C16H16ClN3/c1-10(2)20-15-5-4-14(17)6-12(15)7-16(20)13-8-18-11(3)19-9-13/h4-10H,1-3H3. The summed E-state index contributed by atoms with van der Waals surface area (Å²) in [5, 5.41) is 1.90. The van der Waals surface area contributed by atoms with Crippen LogP contribution < -0.4 is 0 Å². The van der Waals surface area contributed by atoms with Gasteiger partial charge < -0.3 is 4.57 Å².